The number of ether oxygens (including phenoxy) is 2. The molecule has 0 fully saturated rings. The van der Waals surface area contributed by atoms with Crippen molar-refractivity contribution >= 4 is 27.8 Å². The van der Waals surface area contributed by atoms with Crippen molar-refractivity contribution in [2.75, 3.05) is 20.3 Å². The minimum Gasteiger partial charge on any atom is -0.492 e. The SMILES string of the molecule is CCCOc1cccc(Cl)c1S(=O)(=O)ON(C)C(=O)OCC. The standard InChI is InChI=1S/C13H18ClNO6S/c1-4-9-20-11-8-6-7-10(14)12(11)22(17,18)21-15(3)13(16)19-5-2/h6-8H,4-5,9H2,1-3H3. The molecule has 7 nitrogen and oxygen atoms in total. The van der Waals surface area contributed by atoms with Crippen molar-refractivity contribution in [1.29, 1.82) is 0 Å². The minimum absolute atomic E-state index is 0.0617. The summed E-state index contributed by atoms with van der Waals surface area (Å²) in [5.74, 6) is 0.0617. The maximum atomic E-state index is 12.3. The van der Waals surface area contributed by atoms with Crippen LogP contribution in [0, 0.1) is 0 Å². The zero-order valence-electron chi connectivity index (χ0n) is 12.5. The summed E-state index contributed by atoms with van der Waals surface area (Å²) in [6.45, 7) is 3.87. The van der Waals surface area contributed by atoms with Crippen LogP contribution < -0.4 is 4.74 Å². The van der Waals surface area contributed by atoms with Gasteiger partial charge in [-0.15, -0.1) is 4.28 Å². The van der Waals surface area contributed by atoms with Gasteiger partial charge < -0.3 is 9.47 Å². The van der Waals surface area contributed by atoms with Crippen molar-refractivity contribution in [2.24, 2.45) is 0 Å². The van der Waals surface area contributed by atoms with E-state index in [-0.39, 0.29) is 22.3 Å². The third-order valence-electron chi connectivity index (χ3n) is 2.38. The molecule has 0 spiro atoms. The number of carbonyl (C=O) groups excluding carboxylic acids is 1. The first kappa shape index (κ1) is 18.5. The summed E-state index contributed by atoms with van der Waals surface area (Å²) in [5.41, 5.74) is 0. The number of hydrogen-bond acceptors (Lipinski definition) is 6. The Balaban J connectivity index is 3.09. The van der Waals surface area contributed by atoms with Crippen LogP contribution in [0.25, 0.3) is 0 Å². The molecule has 0 aliphatic heterocycles. The Kier molecular flexibility index (Phi) is 6.92. The van der Waals surface area contributed by atoms with E-state index >= 15 is 0 Å². The lowest BCUT2D eigenvalue weighted by atomic mass is 10.3. The fraction of sp³-hybridized carbons (Fsp3) is 0.462. The molecular weight excluding hydrogens is 334 g/mol. The van der Waals surface area contributed by atoms with E-state index in [4.69, 9.17) is 20.6 Å². The predicted molar refractivity (Wildman–Crippen MR) is 80.3 cm³/mol. The third-order valence-corrected chi connectivity index (χ3v) is 4.15. The first-order chi connectivity index (χ1) is 10.3. The Morgan fingerprint density at radius 1 is 1.32 bits per heavy atom. The average molecular weight is 352 g/mol. The lowest BCUT2D eigenvalue weighted by molar-refractivity contribution is -0.0208. The van der Waals surface area contributed by atoms with E-state index in [0.29, 0.717) is 18.1 Å². The molecular formula is C13H18ClNO6S. The summed E-state index contributed by atoms with van der Waals surface area (Å²) in [4.78, 5) is 11.1. The summed E-state index contributed by atoms with van der Waals surface area (Å²) < 4.78 is 39.4. The highest BCUT2D eigenvalue weighted by molar-refractivity contribution is 7.87. The molecule has 1 aromatic carbocycles. The summed E-state index contributed by atoms with van der Waals surface area (Å²) in [7, 11) is -3.22. The number of hydroxylamine groups is 2. The molecule has 0 heterocycles. The zero-order chi connectivity index (χ0) is 16.8. The van der Waals surface area contributed by atoms with Gasteiger partial charge in [0, 0.05) is 7.05 Å². The molecule has 0 radical (unpaired) electrons. The van der Waals surface area contributed by atoms with Gasteiger partial charge in [-0.3, -0.25) is 0 Å². The van der Waals surface area contributed by atoms with Crippen LogP contribution in [0.1, 0.15) is 20.3 Å². The molecule has 0 saturated carbocycles. The monoisotopic (exact) mass is 351 g/mol. The second kappa shape index (κ2) is 8.21. The van der Waals surface area contributed by atoms with Crippen LogP contribution in [0.15, 0.2) is 23.1 Å². The highest BCUT2D eigenvalue weighted by Crippen LogP contribution is 2.32. The highest BCUT2D eigenvalue weighted by atomic mass is 35.5. The number of benzene rings is 1. The largest absolute Gasteiger partial charge is 0.492 e. The first-order valence-electron chi connectivity index (χ1n) is 6.59. The van der Waals surface area contributed by atoms with Crippen LogP contribution in [-0.4, -0.2) is 39.8 Å². The van der Waals surface area contributed by atoms with E-state index < -0.39 is 16.2 Å². The van der Waals surface area contributed by atoms with Gasteiger partial charge in [-0.05, 0) is 25.5 Å². The van der Waals surface area contributed by atoms with E-state index in [1.54, 1.807) is 13.0 Å². The first-order valence-corrected chi connectivity index (χ1v) is 8.38. The Bertz CT molecular complexity index is 619. The smallest absolute Gasteiger partial charge is 0.434 e. The Hall–Kier alpha value is -1.51. The molecule has 1 amide bonds. The van der Waals surface area contributed by atoms with Gasteiger partial charge in [-0.2, -0.15) is 13.5 Å². The molecule has 0 aromatic heterocycles. The van der Waals surface area contributed by atoms with Crippen LogP contribution in [-0.2, 0) is 19.1 Å². The van der Waals surface area contributed by atoms with Crippen LogP contribution in [0.2, 0.25) is 5.02 Å². The minimum atomic E-state index is -4.35. The predicted octanol–water partition coefficient (Wildman–Crippen LogP) is 2.84. The molecule has 0 unspecified atom stereocenters. The van der Waals surface area contributed by atoms with Gasteiger partial charge in [0.15, 0.2) is 4.90 Å². The van der Waals surface area contributed by atoms with Crippen LogP contribution in [0.3, 0.4) is 0 Å². The van der Waals surface area contributed by atoms with Crippen molar-refractivity contribution in [1.82, 2.24) is 5.06 Å². The number of nitrogens with zero attached hydrogens (tertiary/aromatic N) is 1. The van der Waals surface area contributed by atoms with E-state index in [1.165, 1.54) is 12.1 Å². The molecule has 0 atom stereocenters. The average Bonchev–Trinajstić information content (AvgIpc) is 2.44. The van der Waals surface area contributed by atoms with Gasteiger partial charge in [-0.1, -0.05) is 24.6 Å². The summed E-state index contributed by atoms with van der Waals surface area (Å²) in [6.07, 6.45) is -0.246. The van der Waals surface area contributed by atoms with Crippen molar-refractivity contribution < 1.29 is 27.0 Å². The molecule has 124 valence electrons. The van der Waals surface area contributed by atoms with E-state index in [0.717, 1.165) is 7.05 Å². The van der Waals surface area contributed by atoms with Gasteiger partial charge >= 0.3 is 16.2 Å². The maximum absolute atomic E-state index is 12.3. The number of hydrogen-bond donors (Lipinski definition) is 0. The lowest BCUT2D eigenvalue weighted by Gasteiger charge is -2.17. The number of halogens is 1. The van der Waals surface area contributed by atoms with Crippen LogP contribution in [0.5, 0.6) is 5.75 Å². The van der Waals surface area contributed by atoms with Gasteiger partial charge in [0.1, 0.15) is 5.75 Å². The lowest BCUT2D eigenvalue weighted by Crippen LogP contribution is -2.30. The van der Waals surface area contributed by atoms with Gasteiger partial charge in [0.05, 0.1) is 18.2 Å². The molecule has 1 aromatic rings. The second-order valence-corrected chi connectivity index (χ2v) is 6.01. The fourth-order valence-corrected chi connectivity index (χ4v) is 3.05. The number of amides is 1. The molecule has 0 N–H and O–H groups in total. The summed E-state index contributed by atoms with van der Waals surface area (Å²) in [5, 5.41) is 0.414. The van der Waals surface area contributed by atoms with E-state index in [1.807, 2.05) is 6.92 Å². The van der Waals surface area contributed by atoms with Gasteiger partial charge in [-0.25, -0.2) is 4.79 Å². The molecule has 0 aliphatic carbocycles. The zero-order valence-corrected chi connectivity index (χ0v) is 14.1. The van der Waals surface area contributed by atoms with Crippen LogP contribution >= 0.6 is 11.6 Å². The normalized spacial score (nSPS) is 11.1. The van der Waals surface area contributed by atoms with Crippen molar-refractivity contribution in [3.63, 3.8) is 0 Å². The Morgan fingerprint density at radius 2 is 2.00 bits per heavy atom. The topological polar surface area (TPSA) is 82.1 Å². The van der Waals surface area contributed by atoms with E-state index in [2.05, 4.69) is 4.74 Å². The summed E-state index contributed by atoms with van der Waals surface area (Å²) >= 11 is 5.94. The maximum Gasteiger partial charge on any atom is 0.434 e. The second-order valence-electron chi connectivity index (χ2n) is 4.14. The molecule has 9 heteroatoms. The Morgan fingerprint density at radius 3 is 2.59 bits per heavy atom. The third kappa shape index (κ3) is 4.75. The number of carbonyl (C=O) groups is 1. The Labute approximate surface area is 134 Å². The molecule has 0 saturated heterocycles. The van der Waals surface area contributed by atoms with E-state index in [9.17, 15) is 13.2 Å². The number of rotatable bonds is 7. The molecule has 22 heavy (non-hydrogen) atoms. The van der Waals surface area contributed by atoms with Gasteiger partial charge in [0.25, 0.3) is 0 Å². The van der Waals surface area contributed by atoms with Crippen LogP contribution in [0.4, 0.5) is 4.79 Å². The highest BCUT2D eigenvalue weighted by Gasteiger charge is 2.28. The molecule has 1 rings (SSSR count). The van der Waals surface area contributed by atoms with Crippen molar-refractivity contribution in [2.45, 2.75) is 25.2 Å². The fourth-order valence-electron chi connectivity index (χ4n) is 1.49. The summed E-state index contributed by atoms with van der Waals surface area (Å²) in [6, 6.07) is 4.41. The van der Waals surface area contributed by atoms with Crippen molar-refractivity contribution in [3.05, 3.63) is 23.2 Å². The quantitative estimate of drug-likeness (QED) is 0.702. The van der Waals surface area contributed by atoms with Gasteiger partial charge in [0.2, 0.25) is 0 Å². The molecule has 0 aliphatic rings. The molecule has 0 bridgehead atoms. The van der Waals surface area contributed by atoms with Crippen molar-refractivity contribution in [3.8, 4) is 5.75 Å².